The SMILES string of the molecule is CC1Cc2cc(Cl)cc(-c3cnn(C)c3N)c2O1. The molecule has 1 atom stereocenters. The number of nitrogens with two attached hydrogens (primary N) is 1. The molecule has 0 spiro atoms. The number of anilines is 1. The van der Waals surface area contributed by atoms with Crippen molar-refractivity contribution in [3.63, 3.8) is 0 Å². The third kappa shape index (κ3) is 1.64. The summed E-state index contributed by atoms with van der Waals surface area (Å²) in [5.74, 6) is 1.49. The molecule has 4 nitrogen and oxygen atoms in total. The van der Waals surface area contributed by atoms with Crippen molar-refractivity contribution >= 4 is 17.4 Å². The summed E-state index contributed by atoms with van der Waals surface area (Å²) in [6, 6.07) is 3.84. The van der Waals surface area contributed by atoms with E-state index in [2.05, 4.69) is 5.10 Å². The number of rotatable bonds is 1. The number of nitrogen functional groups attached to an aromatic ring is 1. The molecule has 3 rings (SSSR count). The van der Waals surface area contributed by atoms with E-state index in [9.17, 15) is 0 Å². The van der Waals surface area contributed by atoms with Crippen LogP contribution in [-0.4, -0.2) is 15.9 Å². The number of aryl methyl sites for hydroxylation is 1. The van der Waals surface area contributed by atoms with E-state index in [0.717, 1.165) is 28.9 Å². The summed E-state index contributed by atoms with van der Waals surface area (Å²) >= 11 is 6.16. The molecule has 1 aliphatic rings. The van der Waals surface area contributed by atoms with Crippen molar-refractivity contribution in [1.29, 1.82) is 0 Å². The zero-order valence-corrected chi connectivity index (χ0v) is 11.0. The molecule has 0 radical (unpaired) electrons. The van der Waals surface area contributed by atoms with E-state index in [4.69, 9.17) is 22.1 Å². The lowest BCUT2D eigenvalue weighted by atomic mass is 10.0. The molecule has 0 saturated carbocycles. The molecule has 0 bridgehead atoms. The predicted octanol–water partition coefficient (Wildman–Crippen LogP) is 2.65. The normalized spacial score (nSPS) is 17.6. The average Bonchev–Trinajstić information content (AvgIpc) is 2.82. The highest BCUT2D eigenvalue weighted by molar-refractivity contribution is 6.31. The highest BCUT2D eigenvalue weighted by Crippen LogP contribution is 2.42. The van der Waals surface area contributed by atoms with Gasteiger partial charge in [0.15, 0.2) is 0 Å². The van der Waals surface area contributed by atoms with Gasteiger partial charge >= 0.3 is 0 Å². The summed E-state index contributed by atoms with van der Waals surface area (Å²) in [4.78, 5) is 0. The van der Waals surface area contributed by atoms with Gasteiger partial charge in [-0.2, -0.15) is 5.10 Å². The zero-order chi connectivity index (χ0) is 12.9. The maximum atomic E-state index is 6.16. The molecule has 1 aromatic heterocycles. The van der Waals surface area contributed by atoms with E-state index in [1.807, 2.05) is 26.1 Å². The second kappa shape index (κ2) is 3.92. The fraction of sp³-hybridized carbons (Fsp3) is 0.308. The summed E-state index contributed by atoms with van der Waals surface area (Å²) in [5.41, 5.74) is 8.94. The van der Waals surface area contributed by atoms with Gasteiger partial charge in [0.1, 0.15) is 17.7 Å². The monoisotopic (exact) mass is 263 g/mol. The molecule has 5 heteroatoms. The Labute approximate surface area is 110 Å². The summed E-state index contributed by atoms with van der Waals surface area (Å²) < 4.78 is 7.50. The molecule has 0 aliphatic carbocycles. The van der Waals surface area contributed by atoms with Gasteiger partial charge in [0.05, 0.1) is 6.20 Å². The van der Waals surface area contributed by atoms with Crippen molar-refractivity contribution in [3.05, 3.63) is 28.9 Å². The van der Waals surface area contributed by atoms with Gasteiger partial charge in [-0.25, -0.2) is 0 Å². The first-order chi connectivity index (χ1) is 8.56. The lowest BCUT2D eigenvalue weighted by Crippen LogP contribution is -2.05. The van der Waals surface area contributed by atoms with Crippen LogP contribution in [0.4, 0.5) is 5.82 Å². The minimum absolute atomic E-state index is 0.176. The third-order valence-corrected chi connectivity index (χ3v) is 3.45. The highest BCUT2D eigenvalue weighted by Gasteiger charge is 2.25. The van der Waals surface area contributed by atoms with E-state index in [-0.39, 0.29) is 6.10 Å². The van der Waals surface area contributed by atoms with Gasteiger partial charge in [-0.3, -0.25) is 4.68 Å². The van der Waals surface area contributed by atoms with Crippen LogP contribution in [0.3, 0.4) is 0 Å². The Bertz CT molecular complexity index is 621. The lowest BCUT2D eigenvalue weighted by molar-refractivity contribution is 0.255. The van der Waals surface area contributed by atoms with Gasteiger partial charge < -0.3 is 10.5 Å². The number of hydrogen-bond acceptors (Lipinski definition) is 3. The summed E-state index contributed by atoms with van der Waals surface area (Å²) in [6.07, 6.45) is 2.80. The fourth-order valence-electron chi connectivity index (χ4n) is 2.35. The topological polar surface area (TPSA) is 53.1 Å². The average molecular weight is 264 g/mol. The van der Waals surface area contributed by atoms with E-state index >= 15 is 0 Å². The van der Waals surface area contributed by atoms with Crippen LogP contribution >= 0.6 is 11.6 Å². The third-order valence-electron chi connectivity index (χ3n) is 3.23. The van der Waals surface area contributed by atoms with Crippen LogP contribution in [0.25, 0.3) is 11.1 Å². The van der Waals surface area contributed by atoms with Crippen molar-refractivity contribution in [3.8, 4) is 16.9 Å². The Hall–Kier alpha value is -1.68. The Balaban J connectivity index is 2.22. The van der Waals surface area contributed by atoms with E-state index in [1.165, 1.54) is 0 Å². The van der Waals surface area contributed by atoms with Crippen molar-refractivity contribution in [1.82, 2.24) is 9.78 Å². The van der Waals surface area contributed by atoms with E-state index < -0.39 is 0 Å². The van der Waals surface area contributed by atoms with Crippen molar-refractivity contribution < 1.29 is 4.74 Å². The number of benzene rings is 1. The summed E-state index contributed by atoms with van der Waals surface area (Å²) in [6.45, 7) is 2.05. The fourth-order valence-corrected chi connectivity index (χ4v) is 2.59. The van der Waals surface area contributed by atoms with Crippen LogP contribution in [0.2, 0.25) is 5.02 Å². The first kappa shape index (κ1) is 11.4. The Kier molecular flexibility index (Phi) is 2.48. The van der Waals surface area contributed by atoms with Crippen LogP contribution in [0.15, 0.2) is 18.3 Å². The quantitative estimate of drug-likeness (QED) is 0.861. The van der Waals surface area contributed by atoms with Crippen LogP contribution in [0.5, 0.6) is 5.75 Å². The van der Waals surface area contributed by atoms with Crippen molar-refractivity contribution in [2.24, 2.45) is 7.05 Å². The van der Waals surface area contributed by atoms with Gasteiger partial charge in [-0.05, 0) is 24.6 Å². The number of hydrogen-bond donors (Lipinski definition) is 1. The molecule has 1 unspecified atom stereocenters. The van der Waals surface area contributed by atoms with Gasteiger partial charge in [0, 0.05) is 29.6 Å². The van der Waals surface area contributed by atoms with Gasteiger partial charge in [-0.15, -0.1) is 0 Å². The molecule has 1 aromatic carbocycles. The minimum atomic E-state index is 0.176. The molecule has 0 fully saturated rings. The van der Waals surface area contributed by atoms with Gasteiger partial charge in [0.25, 0.3) is 0 Å². The Morgan fingerprint density at radius 1 is 1.44 bits per heavy atom. The molecule has 2 aromatic rings. The number of nitrogens with zero attached hydrogens (tertiary/aromatic N) is 2. The maximum Gasteiger partial charge on any atom is 0.131 e. The lowest BCUT2D eigenvalue weighted by Gasteiger charge is -2.09. The van der Waals surface area contributed by atoms with E-state index in [1.54, 1.807) is 10.9 Å². The summed E-state index contributed by atoms with van der Waals surface area (Å²) in [7, 11) is 1.81. The minimum Gasteiger partial charge on any atom is -0.489 e. The smallest absolute Gasteiger partial charge is 0.131 e. The van der Waals surface area contributed by atoms with Gasteiger partial charge in [-0.1, -0.05) is 11.6 Å². The highest BCUT2D eigenvalue weighted by atomic mass is 35.5. The largest absolute Gasteiger partial charge is 0.489 e. The molecule has 2 N–H and O–H groups in total. The number of fused-ring (bicyclic) bond motifs is 1. The van der Waals surface area contributed by atoms with Crippen LogP contribution in [0, 0.1) is 0 Å². The number of aromatic nitrogens is 2. The molecular formula is C13H14ClN3O. The van der Waals surface area contributed by atoms with Crippen molar-refractivity contribution in [2.75, 3.05) is 5.73 Å². The molecule has 18 heavy (non-hydrogen) atoms. The molecule has 94 valence electrons. The van der Waals surface area contributed by atoms with Gasteiger partial charge in [0.2, 0.25) is 0 Å². The van der Waals surface area contributed by atoms with Crippen LogP contribution < -0.4 is 10.5 Å². The Morgan fingerprint density at radius 2 is 2.22 bits per heavy atom. The van der Waals surface area contributed by atoms with E-state index in [0.29, 0.717) is 10.8 Å². The molecule has 2 heterocycles. The number of ether oxygens (including phenoxy) is 1. The second-order valence-electron chi connectivity index (χ2n) is 4.64. The van der Waals surface area contributed by atoms with Crippen LogP contribution in [-0.2, 0) is 13.5 Å². The maximum absolute atomic E-state index is 6.16. The first-order valence-electron chi connectivity index (χ1n) is 5.83. The zero-order valence-electron chi connectivity index (χ0n) is 10.3. The summed E-state index contributed by atoms with van der Waals surface area (Å²) in [5, 5.41) is 4.86. The number of halogens is 1. The standard InChI is InChI=1S/C13H14ClN3O/c1-7-3-8-4-9(14)5-10(12(8)18-7)11-6-16-17(2)13(11)15/h4-7H,3,15H2,1-2H3. The van der Waals surface area contributed by atoms with Crippen LogP contribution in [0.1, 0.15) is 12.5 Å². The van der Waals surface area contributed by atoms with Crippen molar-refractivity contribution in [2.45, 2.75) is 19.4 Å². The second-order valence-corrected chi connectivity index (χ2v) is 5.08. The molecule has 1 aliphatic heterocycles. The predicted molar refractivity (Wildman–Crippen MR) is 71.9 cm³/mol. The molecule has 0 saturated heterocycles. The molecule has 0 amide bonds. The Morgan fingerprint density at radius 3 is 2.89 bits per heavy atom. The molecular weight excluding hydrogens is 250 g/mol. The first-order valence-corrected chi connectivity index (χ1v) is 6.21.